The van der Waals surface area contributed by atoms with Crippen molar-refractivity contribution in [2.75, 3.05) is 0 Å². The monoisotopic (exact) mass is 144 g/mol. The number of rotatable bonds is 1. The van der Waals surface area contributed by atoms with Crippen LogP contribution in [0.15, 0.2) is 23.4 Å². The second kappa shape index (κ2) is 2.80. The van der Waals surface area contributed by atoms with Crippen molar-refractivity contribution in [3.05, 3.63) is 23.4 Å². The lowest BCUT2D eigenvalue weighted by molar-refractivity contribution is 0.542. The van der Waals surface area contributed by atoms with Gasteiger partial charge in [-0.25, -0.2) is 0 Å². The summed E-state index contributed by atoms with van der Waals surface area (Å²) in [5.74, 6) is 0. The van der Waals surface area contributed by atoms with Gasteiger partial charge in [-0.3, -0.25) is 4.21 Å². The molecule has 3 nitrogen and oxygen atoms in total. The van der Waals surface area contributed by atoms with E-state index in [4.69, 9.17) is 0 Å². The van der Waals surface area contributed by atoms with Gasteiger partial charge in [-0.05, 0) is 17.3 Å². The average Bonchev–Trinajstić information content (AvgIpc) is 1.90. The molecule has 1 atom stereocenters. The van der Waals surface area contributed by atoms with E-state index in [-0.39, 0.29) is 0 Å². The van der Waals surface area contributed by atoms with Gasteiger partial charge in [0.25, 0.3) is 0 Å². The first-order valence-electron chi connectivity index (χ1n) is 2.50. The third-order valence-electron chi connectivity index (χ3n) is 0.992. The molecular formula is C5H6NO2S-. The van der Waals surface area contributed by atoms with E-state index < -0.39 is 11.1 Å². The van der Waals surface area contributed by atoms with Gasteiger partial charge in [0.1, 0.15) is 0 Å². The molecule has 1 rings (SSSR count). The molecule has 1 aliphatic rings. The summed E-state index contributed by atoms with van der Waals surface area (Å²) in [6.45, 7) is 0. The number of hydrogen-bond acceptors (Lipinski definition) is 3. The summed E-state index contributed by atoms with van der Waals surface area (Å²) in [6, 6.07) is 0. The van der Waals surface area contributed by atoms with E-state index in [0.29, 0.717) is 11.3 Å². The fraction of sp³-hybridized carbons (Fsp3) is 0.200. The standard InChI is InChI=1S/C5H7NO2S/c7-9(8)5-2-1-3-6-4-5/h1,3-4,6H,2H2,(H,7,8)/p-1. The Hall–Kier alpha value is -0.610. The molecule has 0 aromatic rings. The van der Waals surface area contributed by atoms with E-state index in [2.05, 4.69) is 5.32 Å². The van der Waals surface area contributed by atoms with Crippen molar-refractivity contribution in [2.24, 2.45) is 0 Å². The highest BCUT2D eigenvalue weighted by Crippen LogP contribution is 2.07. The SMILES string of the molecule is O=S([O-])C1=CNC=CC1. The zero-order valence-corrected chi connectivity index (χ0v) is 5.48. The van der Waals surface area contributed by atoms with Gasteiger partial charge in [-0.15, -0.1) is 0 Å². The maximum Gasteiger partial charge on any atom is 0.0222 e. The maximum atomic E-state index is 10.2. The molecule has 0 aromatic heterocycles. The molecule has 0 amide bonds. The van der Waals surface area contributed by atoms with Gasteiger partial charge in [0, 0.05) is 17.5 Å². The lowest BCUT2D eigenvalue weighted by Gasteiger charge is -2.10. The van der Waals surface area contributed by atoms with Gasteiger partial charge in [0.15, 0.2) is 0 Å². The first-order chi connectivity index (χ1) is 4.30. The minimum Gasteiger partial charge on any atom is -0.769 e. The molecule has 0 spiro atoms. The number of nitrogens with one attached hydrogen (secondary N) is 1. The molecule has 0 radical (unpaired) electrons. The van der Waals surface area contributed by atoms with Gasteiger partial charge >= 0.3 is 0 Å². The molecule has 0 aliphatic carbocycles. The Bertz CT molecular complexity index is 185. The normalized spacial score (nSPS) is 20.3. The fourth-order valence-corrected chi connectivity index (χ4v) is 0.956. The van der Waals surface area contributed by atoms with Crippen molar-refractivity contribution >= 4 is 11.1 Å². The molecular weight excluding hydrogens is 138 g/mol. The summed E-state index contributed by atoms with van der Waals surface area (Å²) in [6.07, 6.45) is 5.44. The Morgan fingerprint density at radius 3 is 2.89 bits per heavy atom. The van der Waals surface area contributed by atoms with E-state index in [1.54, 1.807) is 12.3 Å². The molecule has 0 saturated carbocycles. The fourth-order valence-electron chi connectivity index (χ4n) is 0.559. The van der Waals surface area contributed by atoms with Crippen LogP contribution in [-0.2, 0) is 11.1 Å². The molecule has 0 fully saturated rings. The number of hydrogen-bond donors (Lipinski definition) is 1. The summed E-state index contributed by atoms with van der Waals surface area (Å²) in [4.78, 5) is 0.400. The van der Waals surface area contributed by atoms with Crippen LogP contribution in [0.5, 0.6) is 0 Å². The molecule has 1 unspecified atom stereocenters. The van der Waals surface area contributed by atoms with E-state index in [1.165, 1.54) is 6.20 Å². The first kappa shape index (κ1) is 6.51. The summed E-state index contributed by atoms with van der Waals surface area (Å²) in [5, 5.41) is 2.68. The second-order valence-electron chi connectivity index (χ2n) is 1.62. The third-order valence-corrected chi connectivity index (χ3v) is 1.70. The van der Waals surface area contributed by atoms with Crippen molar-refractivity contribution in [3.8, 4) is 0 Å². The molecule has 50 valence electrons. The Balaban J connectivity index is 2.61. The van der Waals surface area contributed by atoms with Crippen LogP contribution < -0.4 is 5.32 Å². The molecule has 1 aliphatic heterocycles. The van der Waals surface area contributed by atoms with Gasteiger partial charge in [0.05, 0.1) is 0 Å². The average molecular weight is 144 g/mol. The zero-order chi connectivity index (χ0) is 6.69. The van der Waals surface area contributed by atoms with E-state index in [0.717, 1.165) is 0 Å². The highest BCUT2D eigenvalue weighted by Gasteiger charge is 1.95. The minimum atomic E-state index is -2.05. The first-order valence-corrected chi connectivity index (χ1v) is 3.57. The lowest BCUT2D eigenvalue weighted by atomic mass is 10.3. The molecule has 0 saturated heterocycles. The Kier molecular flexibility index (Phi) is 2.02. The van der Waals surface area contributed by atoms with Crippen LogP contribution in [0.4, 0.5) is 0 Å². The van der Waals surface area contributed by atoms with Crippen LogP contribution in [0.2, 0.25) is 0 Å². The predicted molar refractivity (Wildman–Crippen MR) is 33.9 cm³/mol. The second-order valence-corrected chi connectivity index (χ2v) is 2.61. The van der Waals surface area contributed by atoms with E-state index in [9.17, 15) is 8.76 Å². The molecule has 0 bridgehead atoms. The highest BCUT2D eigenvalue weighted by molar-refractivity contribution is 7.83. The van der Waals surface area contributed by atoms with Crippen molar-refractivity contribution < 1.29 is 8.76 Å². The predicted octanol–water partition coefficient (Wildman–Crippen LogP) is 0.214. The molecule has 0 aromatic carbocycles. The Morgan fingerprint density at radius 1 is 1.78 bits per heavy atom. The van der Waals surface area contributed by atoms with Crippen LogP contribution in [0, 0.1) is 0 Å². The summed E-state index contributed by atoms with van der Waals surface area (Å²) in [7, 11) is 0. The highest BCUT2D eigenvalue weighted by atomic mass is 32.2. The van der Waals surface area contributed by atoms with E-state index >= 15 is 0 Å². The maximum absolute atomic E-state index is 10.2. The Labute approximate surface area is 55.7 Å². The van der Waals surface area contributed by atoms with Crippen LogP contribution in [0.3, 0.4) is 0 Å². The van der Waals surface area contributed by atoms with Gasteiger partial charge < -0.3 is 9.87 Å². The van der Waals surface area contributed by atoms with Crippen molar-refractivity contribution in [1.82, 2.24) is 5.32 Å². The quantitative estimate of drug-likeness (QED) is 0.535. The summed E-state index contributed by atoms with van der Waals surface area (Å²) < 4.78 is 20.4. The lowest BCUT2D eigenvalue weighted by Crippen LogP contribution is -2.04. The van der Waals surface area contributed by atoms with Gasteiger partial charge in [0.2, 0.25) is 0 Å². The molecule has 4 heteroatoms. The van der Waals surface area contributed by atoms with Crippen molar-refractivity contribution in [2.45, 2.75) is 6.42 Å². The molecule has 1 N–H and O–H groups in total. The minimum absolute atomic E-state index is 0.400. The summed E-state index contributed by atoms with van der Waals surface area (Å²) >= 11 is -2.05. The smallest absolute Gasteiger partial charge is 0.0222 e. The van der Waals surface area contributed by atoms with Crippen molar-refractivity contribution in [3.63, 3.8) is 0 Å². The van der Waals surface area contributed by atoms with Gasteiger partial charge in [-0.2, -0.15) is 0 Å². The number of dihydropyridines is 1. The van der Waals surface area contributed by atoms with Crippen molar-refractivity contribution in [1.29, 1.82) is 0 Å². The topological polar surface area (TPSA) is 52.2 Å². The number of allylic oxidation sites excluding steroid dienone is 2. The van der Waals surface area contributed by atoms with Gasteiger partial charge in [-0.1, -0.05) is 6.08 Å². The van der Waals surface area contributed by atoms with Crippen LogP contribution in [0.1, 0.15) is 6.42 Å². The summed E-state index contributed by atoms with van der Waals surface area (Å²) in [5.41, 5.74) is 0. The van der Waals surface area contributed by atoms with Crippen LogP contribution in [-0.4, -0.2) is 8.76 Å². The zero-order valence-electron chi connectivity index (χ0n) is 4.66. The van der Waals surface area contributed by atoms with Crippen LogP contribution in [0.25, 0.3) is 0 Å². The Morgan fingerprint density at radius 2 is 2.56 bits per heavy atom. The molecule has 1 heterocycles. The molecule has 9 heavy (non-hydrogen) atoms. The van der Waals surface area contributed by atoms with Crippen LogP contribution >= 0.6 is 0 Å². The largest absolute Gasteiger partial charge is 0.769 e. The van der Waals surface area contributed by atoms with E-state index in [1.807, 2.05) is 0 Å². The third kappa shape index (κ3) is 1.65.